The number of hydrogen-bond acceptors (Lipinski definition) is 5. The molecule has 2 atom stereocenters. The molecule has 0 aliphatic heterocycles. The van der Waals surface area contributed by atoms with E-state index in [4.69, 9.17) is 4.74 Å². The van der Waals surface area contributed by atoms with Gasteiger partial charge < -0.3 is 20.3 Å². The summed E-state index contributed by atoms with van der Waals surface area (Å²) in [6.45, 7) is 4.92. The topological polar surface area (TPSA) is 95.9 Å². The van der Waals surface area contributed by atoms with Gasteiger partial charge in [0, 0.05) is 12.8 Å². The maximum Gasteiger partial charge on any atom is 0.305 e. The van der Waals surface area contributed by atoms with Crippen molar-refractivity contribution in [1.82, 2.24) is 5.32 Å². The maximum absolute atomic E-state index is 12.5. The molecule has 0 aliphatic carbocycles. The lowest BCUT2D eigenvalue weighted by atomic mass is 10.0. The normalized spacial score (nSPS) is 12.9. The summed E-state index contributed by atoms with van der Waals surface area (Å²) in [6.07, 6.45) is 82.8. The Balaban J connectivity index is 3.41. The van der Waals surface area contributed by atoms with Crippen molar-refractivity contribution in [1.29, 1.82) is 0 Å². The minimum absolute atomic E-state index is 0.00276. The number of ether oxygens (including phenoxy) is 1. The maximum atomic E-state index is 12.5. The van der Waals surface area contributed by atoms with Crippen molar-refractivity contribution in [2.75, 3.05) is 13.2 Å². The van der Waals surface area contributed by atoms with Crippen molar-refractivity contribution in [3.8, 4) is 0 Å². The quantitative estimate of drug-likeness (QED) is 0.0320. The second-order valence-electron chi connectivity index (χ2n) is 22.8. The lowest BCUT2D eigenvalue weighted by molar-refractivity contribution is -0.143. The number of allylic oxidation sites excluding steroid dienone is 8. The van der Waals surface area contributed by atoms with Crippen molar-refractivity contribution in [2.45, 2.75) is 366 Å². The van der Waals surface area contributed by atoms with Crippen LogP contribution in [-0.2, 0) is 14.3 Å². The first kappa shape index (κ1) is 72.8. The van der Waals surface area contributed by atoms with Crippen LogP contribution in [0.1, 0.15) is 354 Å². The van der Waals surface area contributed by atoms with Gasteiger partial charge in [-0.15, -0.1) is 0 Å². The van der Waals surface area contributed by atoms with E-state index in [9.17, 15) is 19.8 Å². The van der Waals surface area contributed by atoms with Crippen molar-refractivity contribution < 1.29 is 24.5 Å². The van der Waals surface area contributed by atoms with Crippen LogP contribution < -0.4 is 5.32 Å². The van der Waals surface area contributed by atoms with E-state index in [2.05, 4.69) is 67.8 Å². The predicted octanol–water partition coefficient (Wildman–Crippen LogP) is 21.3. The Bertz CT molecular complexity index is 1260. The molecule has 3 N–H and O–H groups in total. The highest BCUT2D eigenvalue weighted by Gasteiger charge is 2.20. The van der Waals surface area contributed by atoms with E-state index in [1.54, 1.807) is 0 Å². The van der Waals surface area contributed by atoms with Gasteiger partial charge in [0.15, 0.2) is 0 Å². The van der Waals surface area contributed by atoms with Gasteiger partial charge >= 0.3 is 5.97 Å². The molecule has 75 heavy (non-hydrogen) atoms. The van der Waals surface area contributed by atoms with Crippen molar-refractivity contribution in [2.24, 2.45) is 0 Å². The molecule has 0 saturated carbocycles. The van der Waals surface area contributed by atoms with E-state index in [-0.39, 0.29) is 18.5 Å². The molecule has 0 heterocycles. The fraction of sp³-hybridized carbons (Fsp3) is 0.855. The Hall–Kier alpha value is -2.18. The molecule has 6 nitrogen and oxygen atoms in total. The zero-order valence-corrected chi connectivity index (χ0v) is 50.3. The predicted molar refractivity (Wildman–Crippen MR) is 329 cm³/mol. The molecule has 0 bridgehead atoms. The van der Waals surface area contributed by atoms with Crippen molar-refractivity contribution in [3.05, 3.63) is 48.6 Å². The third-order valence-electron chi connectivity index (χ3n) is 15.4. The average molecular weight is 1050 g/mol. The third kappa shape index (κ3) is 60.9. The van der Waals surface area contributed by atoms with Crippen LogP contribution in [-0.4, -0.2) is 47.4 Å². The highest BCUT2D eigenvalue weighted by molar-refractivity contribution is 5.76. The molecule has 2 unspecified atom stereocenters. The fourth-order valence-electron chi connectivity index (χ4n) is 10.2. The van der Waals surface area contributed by atoms with Gasteiger partial charge in [-0.05, 0) is 83.5 Å². The Morgan fingerprint density at radius 2 is 0.680 bits per heavy atom. The van der Waals surface area contributed by atoms with Crippen molar-refractivity contribution in [3.63, 3.8) is 0 Å². The molecule has 0 aromatic heterocycles. The monoisotopic (exact) mass is 1050 g/mol. The molecular formula is C69H129NO5. The summed E-state index contributed by atoms with van der Waals surface area (Å²) in [5, 5.41) is 23.3. The molecule has 0 aliphatic rings. The Morgan fingerprint density at radius 3 is 1.05 bits per heavy atom. The van der Waals surface area contributed by atoms with Gasteiger partial charge in [0.1, 0.15) is 0 Å². The number of rotatable bonds is 62. The SMILES string of the molecule is CCCC/C=C\C/C=C\CCCCCCCC(=O)OCCCCCCCCCCC/C=C\C/C=C\CCCCCCCCCCCCCCCC(=O)NC(CO)C(O)CCCCCCCCCCCCCCCCC. The summed E-state index contributed by atoms with van der Waals surface area (Å²) >= 11 is 0. The van der Waals surface area contributed by atoms with Crippen LogP contribution in [0.5, 0.6) is 0 Å². The number of aliphatic hydroxyl groups is 2. The van der Waals surface area contributed by atoms with Crippen LogP contribution in [0.25, 0.3) is 0 Å². The van der Waals surface area contributed by atoms with Crippen LogP contribution in [0.2, 0.25) is 0 Å². The second kappa shape index (κ2) is 64.3. The molecule has 6 heteroatoms. The number of nitrogens with one attached hydrogen (secondary N) is 1. The number of aliphatic hydroxyl groups excluding tert-OH is 2. The number of carbonyl (C=O) groups is 2. The van der Waals surface area contributed by atoms with Gasteiger partial charge in [-0.3, -0.25) is 9.59 Å². The Kier molecular flexibility index (Phi) is 62.5. The molecule has 0 aromatic carbocycles. The summed E-state index contributed by atoms with van der Waals surface area (Å²) in [5.74, 6) is -0.0372. The third-order valence-corrected chi connectivity index (χ3v) is 15.4. The molecule has 0 fully saturated rings. The number of hydrogen-bond donors (Lipinski definition) is 3. The molecule has 0 radical (unpaired) electrons. The van der Waals surface area contributed by atoms with Crippen LogP contribution in [0.4, 0.5) is 0 Å². The number of carbonyl (C=O) groups excluding carboxylic acids is 2. The van der Waals surface area contributed by atoms with E-state index in [0.717, 1.165) is 57.8 Å². The van der Waals surface area contributed by atoms with E-state index in [0.29, 0.717) is 25.9 Å². The largest absolute Gasteiger partial charge is 0.466 e. The van der Waals surface area contributed by atoms with Gasteiger partial charge in [0.25, 0.3) is 0 Å². The summed E-state index contributed by atoms with van der Waals surface area (Å²) < 4.78 is 5.47. The molecule has 0 saturated heterocycles. The molecule has 0 aromatic rings. The highest BCUT2D eigenvalue weighted by atomic mass is 16.5. The highest BCUT2D eigenvalue weighted by Crippen LogP contribution is 2.18. The fourth-order valence-corrected chi connectivity index (χ4v) is 10.2. The second-order valence-corrected chi connectivity index (χ2v) is 22.8. The first-order chi connectivity index (χ1) is 37.0. The van der Waals surface area contributed by atoms with Crippen LogP contribution in [0.3, 0.4) is 0 Å². The van der Waals surface area contributed by atoms with E-state index >= 15 is 0 Å². The molecule has 0 rings (SSSR count). The number of unbranched alkanes of at least 4 members (excludes halogenated alkanes) is 43. The first-order valence-electron chi connectivity index (χ1n) is 33.4. The van der Waals surface area contributed by atoms with Crippen molar-refractivity contribution >= 4 is 11.9 Å². The van der Waals surface area contributed by atoms with Gasteiger partial charge in [-0.25, -0.2) is 0 Å². The summed E-state index contributed by atoms with van der Waals surface area (Å²) in [4.78, 5) is 24.5. The van der Waals surface area contributed by atoms with Gasteiger partial charge in [0.05, 0.1) is 25.4 Å². The summed E-state index contributed by atoms with van der Waals surface area (Å²) in [6, 6.07) is -0.543. The lowest BCUT2D eigenvalue weighted by Gasteiger charge is -2.22. The lowest BCUT2D eigenvalue weighted by Crippen LogP contribution is -2.45. The van der Waals surface area contributed by atoms with E-state index in [1.807, 2.05) is 0 Å². The minimum Gasteiger partial charge on any atom is -0.466 e. The van der Waals surface area contributed by atoms with Gasteiger partial charge in [-0.2, -0.15) is 0 Å². The van der Waals surface area contributed by atoms with E-state index in [1.165, 1.54) is 263 Å². The van der Waals surface area contributed by atoms with Gasteiger partial charge in [0.2, 0.25) is 5.91 Å². The summed E-state index contributed by atoms with van der Waals surface area (Å²) in [5.41, 5.74) is 0. The molecule has 0 spiro atoms. The van der Waals surface area contributed by atoms with Crippen LogP contribution in [0, 0.1) is 0 Å². The standard InChI is InChI=1S/C69H129NO5/c1-3-5-7-9-11-13-15-17-34-37-41-45-49-53-57-61-67(72)66(65-71)70-68(73)62-58-54-50-46-42-38-35-32-30-28-26-24-22-20-19-21-23-25-27-29-31-33-36-40-44-48-52-56-60-64-75-69(74)63-59-55-51-47-43-39-18-16-14-12-10-8-6-4-2/h10,12,16,18-19,21,25,27,66-67,71-72H,3-9,11,13-15,17,20,22-24,26,28-65H2,1-2H3,(H,70,73)/b12-10-,18-16-,21-19-,27-25-. The average Bonchev–Trinajstić information content (AvgIpc) is 3.41. The Labute approximate surface area is 467 Å². The Morgan fingerprint density at radius 1 is 0.373 bits per heavy atom. The number of esters is 1. The smallest absolute Gasteiger partial charge is 0.305 e. The molecule has 1 amide bonds. The molecule has 440 valence electrons. The van der Waals surface area contributed by atoms with Gasteiger partial charge in [-0.1, -0.05) is 306 Å². The zero-order valence-electron chi connectivity index (χ0n) is 50.3. The zero-order chi connectivity index (χ0) is 54.3. The van der Waals surface area contributed by atoms with Crippen LogP contribution in [0.15, 0.2) is 48.6 Å². The van der Waals surface area contributed by atoms with Crippen LogP contribution >= 0.6 is 0 Å². The molecular weight excluding hydrogens is 923 g/mol. The number of amides is 1. The summed E-state index contributed by atoms with van der Waals surface area (Å²) in [7, 11) is 0. The van der Waals surface area contributed by atoms with E-state index < -0.39 is 12.1 Å². The minimum atomic E-state index is -0.665. The first-order valence-corrected chi connectivity index (χ1v) is 33.4.